The number of furan rings is 1. The zero-order valence-corrected chi connectivity index (χ0v) is 25.2. The Morgan fingerprint density at radius 1 is 0.974 bits per heavy atom. The average molecular weight is 577 g/mol. The van der Waals surface area contributed by atoms with E-state index in [0.717, 1.165) is 4.88 Å². The number of carbonyl (C=O) groups is 2. The maximum Gasteiger partial charge on any atom is 0.241 e. The Bertz CT molecular complexity index is 1320. The number of thiazole rings is 1. The molecule has 2 heterocycles. The second-order valence-corrected chi connectivity index (χ2v) is 13.8. The molecule has 3 aromatic rings. The third kappa shape index (κ3) is 8.87. The van der Waals surface area contributed by atoms with Crippen LogP contribution in [0, 0.1) is 17.8 Å². The summed E-state index contributed by atoms with van der Waals surface area (Å²) >= 11 is 1.45. The molecule has 0 saturated carbocycles. The van der Waals surface area contributed by atoms with Crippen LogP contribution < -0.4 is 4.72 Å². The number of fused-ring (bicyclic) bond motifs is 1. The first-order valence-corrected chi connectivity index (χ1v) is 15.7. The molecule has 1 aromatic carbocycles. The van der Waals surface area contributed by atoms with E-state index >= 15 is 0 Å². The number of hydrogen-bond donors (Lipinski definition) is 1. The van der Waals surface area contributed by atoms with Crippen molar-refractivity contribution in [3.63, 3.8) is 0 Å². The van der Waals surface area contributed by atoms with Crippen LogP contribution in [-0.2, 0) is 26.2 Å². The normalized spacial score (nSPS) is 12.9. The first-order valence-electron chi connectivity index (χ1n) is 13.3. The maximum absolute atomic E-state index is 13.9. The zero-order valence-electron chi connectivity index (χ0n) is 23.6. The van der Waals surface area contributed by atoms with Crippen molar-refractivity contribution < 1.29 is 22.4 Å². The minimum atomic E-state index is -4.13. The highest BCUT2D eigenvalue weighted by molar-refractivity contribution is 7.89. The molecule has 1 N–H and O–H groups in total. The number of hydrogen-bond acceptors (Lipinski definition) is 7. The molecule has 2 aromatic heterocycles. The van der Waals surface area contributed by atoms with Crippen molar-refractivity contribution >= 4 is 44.1 Å². The second kappa shape index (κ2) is 13.5. The fraction of sp³-hybridized carbons (Fsp3) is 0.536. The van der Waals surface area contributed by atoms with Crippen LogP contribution in [0.1, 0.15) is 52.8 Å². The molecular weight excluding hydrogens is 536 g/mol. The number of aromatic nitrogens is 1. The van der Waals surface area contributed by atoms with Gasteiger partial charge in [-0.05, 0) is 42.0 Å². The van der Waals surface area contributed by atoms with Crippen molar-refractivity contribution in [2.45, 2.75) is 65.4 Å². The number of carbonyl (C=O) groups excluding carboxylic acids is 2. The zero-order chi connectivity index (χ0) is 28.7. The third-order valence-corrected chi connectivity index (χ3v) is 8.19. The van der Waals surface area contributed by atoms with E-state index in [1.54, 1.807) is 33.6 Å². The molecular formula is C28H40N4O5S2. The summed E-state index contributed by atoms with van der Waals surface area (Å²) in [7, 11) is -4.13. The van der Waals surface area contributed by atoms with Gasteiger partial charge in [0.1, 0.15) is 11.6 Å². The minimum absolute atomic E-state index is 0.00427. The quantitative estimate of drug-likeness (QED) is 0.296. The lowest BCUT2D eigenvalue weighted by atomic mass is 10.1. The van der Waals surface area contributed by atoms with E-state index in [9.17, 15) is 18.0 Å². The molecule has 214 valence electrons. The van der Waals surface area contributed by atoms with Gasteiger partial charge in [0.05, 0.1) is 29.6 Å². The first-order chi connectivity index (χ1) is 18.4. The highest BCUT2D eigenvalue weighted by Gasteiger charge is 2.33. The largest absolute Gasteiger partial charge is 0.464 e. The van der Waals surface area contributed by atoms with Gasteiger partial charge in [-0.25, -0.2) is 8.42 Å². The van der Waals surface area contributed by atoms with Crippen LogP contribution in [0.15, 0.2) is 51.5 Å². The van der Waals surface area contributed by atoms with E-state index < -0.39 is 22.0 Å². The number of nitrogens with one attached hydrogen (secondary N) is 1. The Balaban J connectivity index is 1.93. The van der Waals surface area contributed by atoms with Gasteiger partial charge >= 0.3 is 0 Å². The van der Waals surface area contributed by atoms with E-state index in [2.05, 4.69) is 9.71 Å². The lowest BCUT2D eigenvalue weighted by Crippen LogP contribution is -2.52. The topological polar surface area (TPSA) is 113 Å². The highest BCUT2D eigenvalue weighted by Crippen LogP contribution is 2.21. The fourth-order valence-electron chi connectivity index (χ4n) is 4.41. The summed E-state index contributed by atoms with van der Waals surface area (Å²) in [6, 6.07) is 4.94. The van der Waals surface area contributed by atoms with E-state index in [0.29, 0.717) is 37.1 Å². The molecule has 0 unspecified atom stereocenters. The maximum atomic E-state index is 13.9. The summed E-state index contributed by atoms with van der Waals surface area (Å²) in [5, 5.41) is 0.630. The summed E-state index contributed by atoms with van der Waals surface area (Å²) in [5.74, 6) is -0.160. The van der Waals surface area contributed by atoms with Crippen LogP contribution >= 0.6 is 11.3 Å². The second-order valence-electron chi connectivity index (χ2n) is 11.2. The standard InChI is InChI=1S/C28H40N4O5S2/c1-19(2)14-31(17-23-13-29-18-38-23)27(33)12-25(28(34)32(15-20(3)4)16-21(5)6)30-39(35,36)24-7-8-26-22(11-24)9-10-37-26/h7-11,13,18-21,25,30H,12,14-17H2,1-6H3/t25-/m0/s1. The molecule has 0 bridgehead atoms. The van der Waals surface area contributed by atoms with Crippen LogP contribution in [0.2, 0.25) is 0 Å². The first kappa shape index (κ1) is 30.8. The molecule has 3 rings (SSSR count). The summed E-state index contributed by atoms with van der Waals surface area (Å²) in [6.07, 6.45) is 2.92. The number of amides is 2. The summed E-state index contributed by atoms with van der Waals surface area (Å²) in [5.41, 5.74) is 2.27. The van der Waals surface area contributed by atoms with E-state index in [-0.39, 0.29) is 35.0 Å². The van der Waals surface area contributed by atoms with Crippen LogP contribution in [0.3, 0.4) is 0 Å². The van der Waals surface area contributed by atoms with Crippen molar-refractivity contribution in [2.24, 2.45) is 17.8 Å². The van der Waals surface area contributed by atoms with Crippen LogP contribution in [0.5, 0.6) is 0 Å². The molecule has 9 nitrogen and oxygen atoms in total. The van der Waals surface area contributed by atoms with Gasteiger partial charge in [-0.1, -0.05) is 41.5 Å². The number of benzene rings is 1. The summed E-state index contributed by atoms with van der Waals surface area (Å²) in [4.78, 5) is 35.9. The van der Waals surface area contributed by atoms with Crippen molar-refractivity contribution in [1.29, 1.82) is 0 Å². The lowest BCUT2D eigenvalue weighted by molar-refractivity contribution is -0.140. The Morgan fingerprint density at radius 2 is 1.62 bits per heavy atom. The molecule has 39 heavy (non-hydrogen) atoms. The van der Waals surface area contributed by atoms with Crippen molar-refractivity contribution in [3.05, 3.63) is 47.1 Å². The Labute approximate surface area is 235 Å². The Morgan fingerprint density at radius 3 is 2.21 bits per heavy atom. The highest BCUT2D eigenvalue weighted by atomic mass is 32.2. The van der Waals surface area contributed by atoms with E-state index in [4.69, 9.17) is 4.42 Å². The number of nitrogens with zero attached hydrogens (tertiary/aromatic N) is 3. The molecule has 0 radical (unpaired) electrons. The Kier molecular flexibility index (Phi) is 10.7. The average Bonchev–Trinajstić information content (AvgIpc) is 3.52. The molecule has 0 fully saturated rings. The van der Waals surface area contributed by atoms with E-state index in [1.807, 2.05) is 41.5 Å². The Hall–Kier alpha value is -2.76. The van der Waals surface area contributed by atoms with Crippen LogP contribution in [-0.4, -0.2) is 60.7 Å². The fourth-order valence-corrected chi connectivity index (χ4v) is 6.24. The smallest absolute Gasteiger partial charge is 0.241 e. The van der Waals surface area contributed by atoms with Gasteiger partial charge in [-0.3, -0.25) is 14.6 Å². The summed E-state index contributed by atoms with van der Waals surface area (Å²) < 4.78 is 35.0. The predicted octanol–water partition coefficient (Wildman–Crippen LogP) is 4.75. The van der Waals surface area contributed by atoms with Gasteiger partial charge in [0.15, 0.2) is 0 Å². The third-order valence-electron chi connectivity index (χ3n) is 5.96. The summed E-state index contributed by atoms with van der Waals surface area (Å²) in [6.45, 7) is 13.8. The van der Waals surface area contributed by atoms with Gasteiger partial charge in [0, 0.05) is 36.1 Å². The predicted molar refractivity (Wildman–Crippen MR) is 154 cm³/mol. The van der Waals surface area contributed by atoms with Gasteiger partial charge in [0.25, 0.3) is 0 Å². The van der Waals surface area contributed by atoms with Gasteiger partial charge < -0.3 is 14.2 Å². The monoisotopic (exact) mass is 576 g/mol. The van der Waals surface area contributed by atoms with Crippen LogP contribution in [0.4, 0.5) is 0 Å². The SMILES string of the molecule is CC(C)CN(Cc1cncs1)C(=O)C[C@H](NS(=O)(=O)c1ccc2occc2c1)C(=O)N(CC(C)C)CC(C)C. The van der Waals surface area contributed by atoms with E-state index in [1.165, 1.54) is 29.7 Å². The molecule has 0 aliphatic rings. The molecule has 2 amide bonds. The number of rotatable bonds is 14. The minimum Gasteiger partial charge on any atom is -0.464 e. The van der Waals surface area contributed by atoms with Crippen molar-refractivity contribution in [1.82, 2.24) is 19.5 Å². The molecule has 1 atom stereocenters. The van der Waals surface area contributed by atoms with Gasteiger partial charge in [-0.2, -0.15) is 4.72 Å². The number of sulfonamides is 1. The molecule has 0 saturated heterocycles. The molecule has 0 aliphatic carbocycles. The lowest BCUT2D eigenvalue weighted by Gasteiger charge is -2.32. The van der Waals surface area contributed by atoms with Gasteiger partial charge in [-0.15, -0.1) is 11.3 Å². The van der Waals surface area contributed by atoms with Crippen molar-refractivity contribution in [2.75, 3.05) is 19.6 Å². The molecule has 0 spiro atoms. The van der Waals surface area contributed by atoms with Crippen molar-refractivity contribution in [3.8, 4) is 0 Å². The van der Waals surface area contributed by atoms with Gasteiger partial charge in [0.2, 0.25) is 21.8 Å². The molecule has 11 heteroatoms. The molecule has 0 aliphatic heterocycles. The van der Waals surface area contributed by atoms with Crippen LogP contribution in [0.25, 0.3) is 11.0 Å².